The van der Waals surface area contributed by atoms with Crippen LogP contribution in [-0.4, -0.2) is 30.6 Å². The molecule has 0 amide bonds. The van der Waals surface area contributed by atoms with Crippen molar-refractivity contribution in [3.8, 4) is 5.88 Å². The third kappa shape index (κ3) is 7.49. The highest BCUT2D eigenvalue weighted by Gasteiger charge is 2.22. The first-order valence-corrected chi connectivity index (χ1v) is 9.83. The van der Waals surface area contributed by atoms with Gasteiger partial charge >= 0.3 is 0 Å². The van der Waals surface area contributed by atoms with E-state index in [1.807, 2.05) is 12.1 Å². The summed E-state index contributed by atoms with van der Waals surface area (Å²) in [6.45, 7) is 5.19. The Morgan fingerprint density at radius 3 is 2.96 bits per heavy atom. The van der Waals surface area contributed by atoms with Crippen molar-refractivity contribution in [2.75, 3.05) is 19.7 Å². The molecule has 0 unspecified atom stereocenters. The van der Waals surface area contributed by atoms with Crippen LogP contribution in [0.15, 0.2) is 40.8 Å². The zero-order chi connectivity index (χ0) is 17.3. The lowest BCUT2D eigenvalue weighted by molar-refractivity contribution is 0.288. The molecule has 0 radical (unpaired) electrons. The van der Waals surface area contributed by atoms with Crippen LogP contribution in [0.3, 0.4) is 0 Å². The standard InChI is InChI=1S/C19H26N4OS.HI/c1-2-20-19(22-10-8-17-4-3-11-25-17)23-13-16-7-9-21-18(12-16)24-14-15-5-6-15;/h3-4,7,9,11-12,15H,2,5-6,8,10,13-14H2,1H3,(H2,20,22,23);1H. The molecule has 1 aliphatic carbocycles. The second kappa shape index (κ2) is 11.4. The zero-order valence-corrected chi connectivity index (χ0v) is 18.3. The van der Waals surface area contributed by atoms with Crippen LogP contribution in [0.2, 0.25) is 0 Å². The van der Waals surface area contributed by atoms with Gasteiger partial charge in [-0.25, -0.2) is 9.98 Å². The molecule has 0 aliphatic heterocycles. The number of ether oxygens (including phenoxy) is 1. The predicted octanol–water partition coefficient (Wildman–Crippen LogP) is 3.85. The van der Waals surface area contributed by atoms with Gasteiger partial charge in [0, 0.05) is 30.2 Å². The average molecular weight is 486 g/mol. The molecule has 2 aromatic rings. The molecule has 1 fully saturated rings. The van der Waals surface area contributed by atoms with E-state index in [0.29, 0.717) is 12.4 Å². The molecule has 142 valence electrons. The Bertz CT molecular complexity index is 674. The van der Waals surface area contributed by atoms with Gasteiger partial charge in [0.05, 0.1) is 13.2 Å². The Balaban J connectivity index is 0.00000243. The second-order valence-corrected chi connectivity index (χ2v) is 7.24. The molecule has 2 N–H and O–H groups in total. The smallest absolute Gasteiger partial charge is 0.213 e. The van der Waals surface area contributed by atoms with Crippen molar-refractivity contribution in [2.24, 2.45) is 10.9 Å². The van der Waals surface area contributed by atoms with Crippen molar-refractivity contribution in [1.82, 2.24) is 15.6 Å². The highest BCUT2D eigenvalue weighted by molar-refractivity contribution is 14.0. The van der Waals surface area contributed by atoms with Gasteiger partial charge < -0.3 is 15.4 Å². The lowest BCUT2D eigenvalue weighted by Gasteiger charge is -2.11. The van der Waals surface area contributed by atoms with Crippen molar-refractivity contribution >= 4 is 41.3 Å². The summed E-state index contributed by atoms with van der Waals surface area (Å²) in [6, 6.07) is 8.23. The van der Waals surface area contributed by atoms with E-state index >= 15 is 0 Å². The number of nitrogens with zero attached hydrogens (tertiary/aromatic N) is 2. The van der Waals surface area contributed by atoms with Crippen LogP contribution in [0.25, 0.3) is 0 Å². The lowest BCUT2D eigenvalue weighted by atomic mass is 10.3. The fourth-order valence-electron chi connectivity index (χ4n) is 2.39. The normalized spacial score (nSPS) is 13.8. The summed E-state index contributed by atoms with van der Waals surface area (Å²) in [6.07, 6.45) is 5.38. The van der Waals surface area contributed by atoms with Gasteiger partial charge in [-0.2, -0.15) is 0 Å². The fraction of sp³-hybridized carbons (Fsp3) is 0.474. The summed E-state index contributed by atoms with van der Waals surface area (Å²) in [4.78, 5) is 10.3. The minimum atomic E-state index is 0. The van der Waals surface area contributed by atoms with Crippen molar-refractivity contribution in [2.45, 2.75) is 32.7 Å². The summed E-state index contributed by atoms with van der Waals surface area (Å²) in [7, 11) is 0. The van der Waals surface area contributed by atoms with Crippen LogP contribution >= 0.6 is 35.3 Å². The van der Waals surface area contributed by atoms with E-state index in [-0.39, 0.29) is 24.0 Å². The highest BCUT2D eigenvalue weighted by Crippen LogP contribution is 2.29. The molecular weight excluding hydrogens is 459 g/mol. The Morgan fingerprint density at radius 2 is 2.23 bits per heavy atom. The van der Waals surface area contributed by atoms with Crippen LogP contribution in [0.5, 0.6) is 5.88 Å². The summed E-state index contributed by atoms with van der Waals surface area (Å²) < 4.78 is 5.74. The SMILES string of the molecule is CCNC(=NCc1ccnc(OCC2CC2)c1)NCCc1cccs1.I. The van der Waals surface area contributed by atoms with Crippen LogP contribution in [0, 0.1) is 5.92 Å². The van der Waals surface area contributed by atoms with E-state index in [0.717, 1.165) is 43.6 Å². The van der Waals surface area contributed by atoms with E-state index in [1.165, 1.54) is 17.7 Å². The first-order valence-electron chi connectivity index (χ1n) is 8.96. The molecule has 0 saturated heterocycles. The maximum absolute atomic E-state index is 5.74. The Kier molecular flexibility index (Phi) is 9.17. The van der Waals surface area contributed by atoms with Crippen molar-refractivity contribution in [3.63, 3.8) is 0 Å². The fourth-order valence-corrected chi connectivity index (χ4v) is 3.10. The molecule has 0 bridgehead atoms. The topological polar surface area (TPSA) is 58.5 Å². The van der Waals surface area contributed by atoms with Gasteiger partial charge in [-0.3, -0.25) is 0 Å². The maximum atomic E-state index is 5.74. The summed E-state index contributed by atoms with van der Waals surface area (Å²) >= 11 is 1.79. The predicted molar refractivity (Wildman–Crippen MR) is 119 cm³/mol. The highest BCUT2D eigenvalue weighted by atomic mass is 127. The molecule has 7 heteroatoms. The van der Waals surface area contributed by atoms with Gasteiger partial charge in [0.15, 0.2) is 5.96 Å². The summed E-state index contributed by atoms with van der Waals surface area (Å²) in [5, 5.41) is 8.79. The minimum absolute atomic E-state index is 0. The summed E-state index contributed by atoms with van der Waals surface area (Å²) in [5.74, 6) is 2.28. The largest absolute Gasteiger partial charge is 0.477 e. The molecule has 3 rings (SSSR count). The molecule has 1 saturated carbocycles. The van der Waals surface area contributed by atoms with Crippen LogP contribution < -0.4 is 15.4 Å². The minimum Gasteiger partial charge on any atom is -0.477 e. The quantitative estimate of drug-likeness (QED) is 0.321. The molecule has 26 heavy (non-hydrogen) atoms. The van der Waals surface area contributed by atoms with E-state index in [2.05, 4.69) is 45.0 Å². The maximum Gasteiger partial charge on any atom is 0.213 e. The number of aromatic nitrogens is 1. The molecule has 2 heterocycles. The van der Waals surface area contributed by atoms with Crippen LogP contribution in [0.1, 0.15) is 30.2 Å². The second-order valence-electron chi connectivity index (χ2n) is 6.21. The number of rotatable bonds is 9. The Hall–Kier alpha value is -1.35. The van der Waals surface area contributed by atoms with Crippen molar-refractivity contribution in [3.05, 3.63) is 46.3 Å². The van der Waals surface area contributed by atoms with E-state index < -0.39 is 0 Å². The molecular formula is C19H27IN4OS. The van der Waals surface area contributed by atoms with Gasteiger partial charge in [-0.15, -0.1) is 35.3 Å². The van der Waals surface area contributed by atoms with Gasteiger partial charge in [-0.1, -0.05) is 6.07 Å². The zero-order valence-electron chi connectivity index (χ0n) is 15.1. The number of aliphatic imine (C=N–C) groups is 1. The monoisotopic (exact) mass is 486 g/mol. The van der Waals surface area contributed by atoms with Crippen molar-refractivity contribution < 1.29 is 4.74 Å². The van der Waals surface area contributed by atoms with E-state index in [9.17, 15) is 0 Å². The first kappa shape index (κ1) is 21.0. The number of hydrogen-bond donors (Lipinski definition) is 2. The van der Waals surface area contributed by atoms with Gasteiger partial charge in [0.2, 0.25) is 5.88 Å². The third-order valence-corrected chi connectivity index (χ3v) is 4.91. The average Bonchev–Trinajstić information content (AvgIpc) is 3.32. The van der Waals surface area contributed by atoms with Gasteiger partial charge in [0.1, 0.15) is 0 Å². The van der Waals surface area contributed by atoms with E-state index in [1.54, 1.807) is 17.5 Å². The first-order chi connectivity index (χ1) is 12.3. The number of hydrogen-bond acceptors (Lipinski definition) is 4. The number of pyridine rings is 1. The molecule has 1 aliphatic rings. The number of halogens is 1. The number of thiophene rings is 1. The molecule has 2 aromatic heterocycles. The molecule has 0 aromatic carbocycles. The van der Waals surface area contributed by atoms with Crippen LogP contribution in [0.4, 0.5) is 0 Å². The van der Waals surface area contributed by atoms with Gasteiger partial charge in [-0.05, 0) is 55.2 Å². The molecule has 5 nitrogen and oxygen atoms in total. The van der Waals surface area contributed by atoms with Crippen molar-refractivity contribution in [1.29, 1.82) is 0 Å². The lowest BCUT2D eigenvalue weighted by Crippen LogP contribution is -2.38. The Labute approximate surface area is 176 Å². The Morgan fingerprint density at radius 1 is 1.35 bits per heavy atom. The third-order valence-electron chi connectivity index (χ3n) is 3.97. The van der Waals surface area contributed by atoms with Gasteiger partial charge in [0.25, 0.3) is 0 Å². The molecule has 0 atom stereocenters. The van der Waals surface area contributed by atoms with Crippen LogP contribution in [-0.2, 0) is 13.0 Å². The van der Waals surface area contributed by atoms with E-state index in [4.69, 9.17) is 4.74 Å². The number of nitrogens with one attached hydrogen (secondary N) is 2. The summed E-state index contributed by atoms with van der Waals surface area (Å²) in [5.41, 5.74) is 1.11. The number of guanidine groups is 1. The molecule has 0 spiro atoms.